The summed E-state index contributed by atoms with van der Waals surface area (Å²) in [5.41, 5.74) is 5.62. The van der Waals surface area contributed by atoms with Crippen LogP contribution < -0.4 is 0 Å². The van der Waals surface area contributed by atoms with Crippen molar-refractivity contribution in [2.45, 2.75) is 0 Å². The highest BCUT2D eigenvalue weighted by Gasteiger charge is 2.34. The van der Waals surface area contributed by atoms with E-state index in [9.17, 15) is 9.59 Å². The molecule has 0 fully saturated rings. The lowest BCUT2D eigenvalue weighted by Gasteiger charge is -2.07. The average Bonchev–Trinajstić information content (AvgIpc) is 3.54. The number of aryl methyl sites for hydroxylation is 1. The number of hydrogen-bond acceptors (Lipinski definition) is 3. The van der Waals surface area contributed by atoms with Gasteiger partial charge < -0.3 is 4.57 Å². The molecule has 0 amide bonds. The Labute approximate surface area is 240 Å². The van der Waals surface area contributed by atoms with E-state index in [0.717, 1.165) is 47.8 Å². The van der Waals surface area contributed by atoms with Crippen LogP contribution in [0.2, 0.25) is 0 Å². The first kappa shape index (κ1) is 24.0. The second-order valence-corrected chi connectivity index (χ2v) is 11.2. The van der Waals surface area contributed by atoms with Crippen molar-refractivity contribution in [3.8, 4) is 16.9 Å². The zero-order valence-corrected chi connectivity index (χ0v) is 23.8. The molecule has 0 spiro atoms. The fourth-order valence-electron chi connectivity index (χ4n) is 5.31. The molecule has 0 saturated heterocycles. The number of imidazole rings is 1. The maximum absolute atomic E-state index is 13.6. The molecule has 0 saturated carbocycles. The Morgan fingerprint density at radius 2 is 1.31 bits per heavy atom. The Hall–Kier alpha value is -4.07. The van der Waals surface area contributed by atoms with Gasteiger partial charge in [0.1, 0.15) is 5.82 Å². The Kier molecular flexibility index (Phi) is 5.54. The number of Topliss-reactive ketones (excluding diaryl/α,β-unsaturated/α-hetero) is 2. The van der Waals surface area contributed by atoms with Crippen molar-refractivity contribution in [2.75, 3.05) is 0 Å². The molecule has 0 bridgehead atoms. The van der Waals surface area contributed by atoms with Gasteiger partial charge in [-0.2, -0.15) is 0 Å². The van der Waals surface area contributed by atoms with E-state index in [2.05, 4.69) is 50.1 Å². The molecule has 0 atom stereocenters. The fourth-order valence-corrected chi connectivity index (χ4v) is 6.03. The highest BCUT2D eigenvalue weighted by atomic mass is 79.9. The Balaban J connectivity index is 1.42. The van der Waals surface area contributed by atoms with E-state index in [1.54, 1.807) is 18.2 Å². The van der Waals surface area contributed by atoms with Crippen LogP contribution in [-0.2, 0) is 7.05 Å². The number of aromatic nitrogens is 3. The largest absolute Gasteiger partial charge is 0.327 e. The van der Waals surface area contributed by atoms with Crippen LogP contribution in [0.3, 0.4) is 0 Å². The molecule has 0 unspecified atom stereocenters. The highest BCUT2D eigenvalue weighted by Crippen LogP contribution is 2.36. The Morgan fingerprint density at radius 3 is 1.90 bits per heavy atom. The van der Waals surface area contributed by atoms with Crippen molar-refractivity contribution in [1.82, 2.24) is 14.1 Å². The zero-order valence-electron chi connectivity index (χ0n) is 20.7. The summed E-state index contributed by atoms with van der Waals surface area (Å²) >= 11 is 7.05. The zero-order chi connectivity index (χ0) is 26.8. The summed E-state index contributed by atoms with van der Waals surface area (Å²) < 4.78 is 5.81. The van der Waals surface area contributed by atoms with Crippen LogP contribution in [0.5, 0.6) is 0 Å². The molecule has 7 rings (SSSR count). The van der Waals surface area contributed by atoms with Crippen molar-refractivity contribution in [3.63, 3.8) is 0 Å². The molecule has 4 aromatic carbocycles. The number of ketones is 2. The summed E-state index contributed by atoms with van der Waals surface area (Å²) in [6.45, 7) is 0. The normalized spacial score (nSPS) is 13.1. The molecule has 2 heterocycles. The van der Waals surface area contributed by atoms with Gasteiger partial charge in [-0.15, -0.1) is 0 Å². The van der Waals surface area contributed by atoms with E-state index in [4.69, 9.17) is 4.98 Å². The lowest BCUT2D eigenvalue weighted by atomic mass is 10.0. The fraction of sp³-hybridized carbons (Fsp3) is 0.0312. The van der Waals surface area contributed by atoms with Crippen molar-refractivity contribution in [2.24, 2.45) is 7.05 Å². The summed E-state index contributed by atoms with van der Waals surface area (Å²) in [5.74, 6) is -0.0406. The number of carbonyl (C=O) groups excluding carboxylic acids is 2. The minimum absolute atomic E-state index is 0.120. The van der Waals surface area contributed by atoms with Crippen LogP contribution in [0.4, 0.5) is 0 Å². The number of nitrogens with zero attached hydrogens (tertiary/aromatic N) is 3. The molecule has 0 N–H and O–H groups in total. The quantitative estimate of drug-likeness (QED) is 0.145. The van der Waals surface area contributed by atoms with Crippen molar-refractivity contribution in [3.05, 3.63) is 122 Å². The lowest BCUT2D eigenvalue weighted by Crippen LogP contribution is -2.03. The van der Waals surface area contributed by atoms with Gasteiger partial charge in [0.05, 0.1) is 16.8 Å². The maximum Gasteiger partial charge on any atom is 0.197 e. The molecule has 5 nitrogen and oxygen atoms in total. The number of rotatable bonds is 3. The first-order chi connectivity index (χ1) is 18.9. The number of carbonyl (C=O) groups is 2. The van der Waals surface area contributed by atoms with Crippen molar-refractivity contribution < 1.29 is 9.59 Å². The number of fused-ring (bicyclic) bond motifs is 3. The third-order valence-corrected chi connectivity index (χ3v) is 9.07. The maximum atomic E-state index is 13.6. The van der Waals surface area contributed by atoms with Gasteiger partial charge in [-0.1, -0.05) is 48.5 Å². The molecule has 7 heteroatoms. The molecular weight excluding hydrogens is 618 g/mol. The standard InChI is InChI=1S/C32H19Br2N3O2/c1-36-27(18-8-4-2-5-9-18)17-28-32(36)35-29(37(28)21-10-6-3-7-11-21)16-24-30(38)22-12-19-14-25(33)26(34)15-20(19)13-23(22)31(24)39/h2-17H,1H3. The van der Waals surface area contributed by atoms with E-state index < -0.39 is 0 Å². The van der Waals surface area contributed by atoms with Gasteiger partial charge in [0.15, 0.2) is 17.2 Å². The van der Waals surface area contributed by atoms with E-state index in [-0.39, 0.29) is 17.1 Å². The highest BCUT2D eigenvalue weighted by molar-refractivity contribution is 9.13. The van der Waals surface area contributed by atoms with Gasteiger partial charge >= 0.3 is 0 Å². The van der Waals surface area contributed by atoms with Crippen molar-refractivity contribution >= 4 is 71.4 Å². The number of halogens is 2. The Bertz CT molecular complexity index is 1960. The molecule has 1 aliphatic rings. The minimum Gasteiger partial charge on any atom is -0.327 e. The molecule has 39 heavy (non-hydrogen) atoms. The van der Waals surface area contributed by atoms with Crippen LogP contribution >= 0.6 is 31.9 Å². The van der Waals surface area contributed by atoms with Gasteiger partial charge in [0.2, 0.25) is 0 Å². The summed E-state index contributed by atoms with van der Waals surface area (Å²) in [5, 5.41) is 1.77. The minimum atomic E-state index is -0.285. The number of para-hydroxylation sites is 1. The van der Waals surface area contributed by atoms with Gasteiger partial charge in [-0.25, -0.2) is 4.98 Å². The van der Waals surface area contributed by atoms with E-state index in [1.807, 2.05) is 76.8 Å². The predicted octanol–water partition coefficient (Wildman–Crippen LogP) is 8.17. The topological polar surface area (TPSA) is 56.9 Å². The molecule has 6 aromatic rings. The van der Waals surface area contributed by atoms with Crippen LogP contribution in [0, 0.1) is 0 Å². The lowest BCUT2D eigenvalue weighted by molar-refractivity contribution is 0.0990. The van der Waals surface area contributed by atoms with Crippen LogP contribution in [-0.4, -0.2) is 25.7 Å². The summed E-state index contributed by atoms with van der Waals surface area (Å²) in [6.07, 6.45) is 1.64. The third kappa shape index (κ3) is 3.76. The average molecular weight is 637 g/mol. The number of allylic oxidation sites excluding steroid dienone is 1. The molecule has 0 radical (unpaired) electrons. The second-order valence-electron chi connectivity index (χ2n) is 9.53. The molecular formula is C32H19Br2N3O2. The van der Waals surface area contributed by atoms with E-state index in [1.165, 1.54) is 0 Å². The van der Waals surface area contributed by atoms with Crippen LogP contribution in [0.1, 0.15) is 26.5 Å². The molecule has 188 valence electrons. The van der Waals surface area contributed by atoms with Gasteiger partial charge in [-0.3, -0.25) is 14.2 Å². The van der Waals surface area contributed by atoms with Crippen LogP contribution in [0.15, 0.2) is 106 Å². The first-order valence-corrected chi connectivity index (χ1v) is 13.9. The van der Waals surface area contributed by atoms with Gasteiger partial charge in [-0.05, 0) is 96.7 Å². The molecule has 1 aliphatic carbocycles. The summed E-state index contributed by atoms with van der Waals surface area (Å²) in [7, 11) is 1.98. The first-order valence-electron chi connectivity index (χ1n) is 12.3. The van der Waals surface area contributed by atoms with E-state index in [0.29, 0.717) is 17.0 Å². The van der Waals surface area contributed by atoms with Gasteiger partial charge in [0, 0.05) is 32.8 Å². The second kappa shape index (κ2) is 9.00. The van der Waals surface area contributed by atoms with Crippen molar-refractivity contribution in [1.29, 1.82) is 0 Å². The number of benzene rings is 4. The summed E-state index contributed by atoms with van der Waals surface area (Å²) in [6, 6.07) is 29.6. The third-order valence-electron chi connectivity index (χ3n) is 7.22. The van der Waals surface area contributed by atoms with Crippen LogP contribution in [0.25, 0.3) is 45.0 Å². The predicted molar refractivity (Wildman–Crippen MR) is 161 cm³/mol. The molecule has 2 aromatic heterocycles. The smallest absolute Gasteiger partial charge is 0.197 e. The van der Waals surface area contributed by atoms with E-state index >= 15 is 0 Å². The summed E-state index contributed by atoms with van der Waals surface area (Å²) in [4.78, 5) is 32.1. The SMILES string of the molecule is Cn1c(-c2ccccc2)cc2c1nc(C=C1C(=O)c3cc4cc(Br)c(Br)cc4cc3C1=O)n2-c1ccccc1. The molecule has 0 aliphatic heterocycles. The monoisotopic (exact) mass is 635 g/mol. The number of hydrogen-bond donors (Lipinski definition) is 0. The Morgan fingerprint density at radius 1 is 0.744 bits per heavy atom. The van der Waals surface area contributed by atoms with Gasteiger partial charge in [0.25, 0.3) is 0 Å².